The molecule has 5 N–H and O–H groups in total. The highest BCUT2D eigenvalue weighted by atomic mass is 35.5. The summed E-state index contributed by atoms with van der Waals surface area (Å²) < 4.78 is 0. The van der Waals surface area contributed by atoms with Gasteiger partial charge in [0.2, 0.25) is 11.8 Å². The van der Waals surface area contributed by atoms with Gasteiger partial charge in [0.25, 0.3) is 5.97 Å². The number of carbonyl (C=O) groups excluding carboxylic acids is 2. The molecule has 0 saturated carbocycles. The Labute approximate surface area is 88.0 Å². The second-order valence-electron chi connectivity index (χ2n) is 2.87. The topological polar surface area (TPSA) is 123 Å². The molecule has 0 fully saturated rings. The number of primary amides is 2. The van der Waals surface area contributed by atoms with E-state index >= 15 is 0 Å². The van der Waals surface area contributed by atoms with Gasteiger partial charge in [-0.3, -0.25) is 14.4 Å². The molecule has 0 aromatic carbocycles. The van der Waals surface area contributed by atoms with Crippen LogP contribution in [0.2, 0.25) is 0 Å². The Balaban J connectivity index is -0.000000209. The fourth-order valence-corrected chi connectivity index (χ4v) is 0.121. The first-order valence-electron chi connectivity index (χ1n) is 3.41. The predicted molar refractivity (Wildman–Crippen MR) is 52.7 cm³/mol. The molecular weight excluding hydrogens is 212 g/mol. The number of carbonyl (C=O) groups is 3. The number of hydrogen-bond acceptors (Lipinski definition) is 3. The summed E-state index contributed by atoms with van der Waals surface area (Å²) in [7, 11) is 0. The minimum atomic E-state index is -1.22. The average molecular weight is 227 g/mol. The van der Waals surface area contributed by atoms with Crippen LogP contribution in [-0.2, 0) is 14.4 Å². The first-order chi connectivity index (χ1) is 5.62. The third kappa shape index (κ3) is 8.79. The van der Waals surface area contributed by atoms with E-state index in [2.05, 4.69) is 0 Å². The molecule has 14 heavy (non-hydrogen) atoms. The van der Waals surface area contributed by atoms with Crippen LogP contribution in [0.5, 0.6) is 0 Å². The number of aliphatic carboxylic acids is 1. The summed E-state index contributed by atoms with van der Waals surface area (Å²) in [5.41, 5.74) is 8.44. The van der Waals surface area contributed by atoms with E-state index in [1.807, 2.05) is 0 Å². The summed E-state index contributed by atoms with van der Waals surface area (Å²) in [6, 6.07) is 0. The van der Waals surface area contributed by atoms with Crippen molar-refractivity contribution in [2.24, 2.45) is 16.9 Å². The molecule has 0 saturated heterocycles. The van der Waals surface area contributed by atoms with E-state index < -0.39 is 23.2 Å². The third-order valence-electron chi connectivity index (χ3n) is 1.23. The van der Waals surface area contributed by atoms with Crippen molar-refractivity contribution in [3.63, 3.8) is 0 Å². The van der Waals surface area contributed by atoms with Crippen molar-refractivity contribution in [1.82, 2.24) is 0 Å². The summed E-state index contributed by atoms with van der Waals surface area (Å²) in [6.45, 7) is 3.86. The van der Waals surface area contributed by atoms with Crippen LogP contribution < -0.4 is 11.5 Å². The quantitative estimate of drug-likeness (QED) is 0.549. The predicted octanol–water partition coefficient (Wildman–Crippen LogP) is -0.504. The molecule has 0 spiro atoms. The SMILES string of the molecule is CC(=O)O.CC(C)(C(N)=O)C(N)=O.Cl. The highest BCUT2D eigenvalue weighted by molar-refractivity contribution is 6.02. The Morgan fingerprint density at radius 1 is 1.07 bits per heavy atom. The van der Waals surface area contributed by atoms with Crippen LogP contribution in [0.3, 0.4) is 0 Å². The highest BCUT2D eigenvalue weighted by Gasteiger charge is 2.31. The van der Waals surface area contributed by atoms with E-state index in [0.717, 1.165) is 6.92 Å². The molecular formula is C7H15ClN2O4. The summed E-state index contributed by atoms with van der Waals surface area (Å²) in [6.07, 6.45) is 0. The lowest BCUT2D eigenvalue weighted by Gasteiger charge is -2.14. The minimum absolute atomic E-state index is 0. The van der Waals surface area contributed by atoms with Crippen LogP contribution in [0.1, 0.15) is 20.8 Å². The zero-order chi connectivity index (χ0) is 11.2. The Hall–Kier alpha value is -1.30. The van der Waals surface area contributed by atoms with E-state index in [1.54, 1.807) is 0 Å². The molecule has 0 rings (SSSR count). The van der Waals surface area contributed by atoms with Crippen molar-refractivity contribution in [3.05, 3.63) is 0 Å². The van der Waals surface area contributed by atoms with E-state index in [9.17, 15) is 9.59 Å². The highest BCUT2D eigenvalue weighted by Crippen LogP contribution is 2.11. The van der Waals surface area contributed by atoms with Crippen LogP contribution in [0, 0.1) is 5.41 Å². The standard InChI is InChI=1S/C5H10N2O2.C2H4O2.ClH/c1-5(2,3(6)8)4(7)9;1-2(3)4;/h1-2H3,(H2,6,8)(H2,7,9);1H3,(H,3,4);1H. The van der Waals surface area contributed by atoms with Crippen molar-refractivity contribution in [2.75, 3.05) is 0 Å². The summed E-state index contributed by atoms with van der Waals surface area (Å²) >= 11 is 0. The third-order valence-corrected chi connectivity index (χ3v) is 1.23. The van der Waals surface area contributed by atoms with E-state index in [1.165, 1.54) is 13.8 Å². The van der Waals surface area contributed by atoms with Crippen molar-refractivity contribution in [3.8, 4) is 0 Å². The number of hydrogen-bond donors (Lipinski definition) is 3. The zero-order valence-electron chi connectivity index (χ0n) is 8.23. The summed E-state index contributed by atoms with van der Waals surface area (Å²) in [4.78, 5) is 29.8. The Morgan fingerprint density at radius 2 is 1.21 bits per heavy atom. The summed E-state index contributed by atoms with van der Waals surface area (Å²) in [5.74, 6) is -2.23. The molecule has 0 bridgehead atoms. The number of halogens is 1. The van der Waals surface area contributed by atoms with Crippen LogP contribution in [-0.4, -0.2) is 22.9 Å². The molecule has 0 aromatic rings. The zero-order valence-corrected chi connectivity index (χ0v) is 9.05. The molecule has 0 aliphatic rings. The van der Waals surface area contributed by atoms with Gasteiger partial charge in [-0.15, -0.1) is 12.4 Å². The number of carboxylic acids is 1. The molecule has 6 nitrogen and oxygen atoms in total. The van der Waals surface area contributed by atoms with Crippen LogP contribution in [0.4, 0.5) is 0 Å². The molecule has 84 valence electrons. The molecule has 0 aliphatic carbocycles. The van der Waals surface area contributed by atoms with Crippen LogP contribution in [0.15, 0.2) is 0 Å². The monoisotopic (exact) mass is 226 g/mol. The Kier molecular flexibility index (Phi) is 9.42. The first-order valence-corrected chi connectivity index (χ1v) is 3.41. The van der Waals surface area contributed by atoms with Gasteiger partial charge >= 0.3 is 0 Å². The maximum Gasteiger partial charge on any atom is 0.300 e. The van der Waals surface area contributed by atoms with Crippen molar-refractivity contribution in [1.29, 1.82) is 0 Å². The second-order valence-corrected chi connectivity index (χ2v) is 2.87. The van der Waals surface area contributed by atoms with Gasteiger partial charge in [-0.25, -0.2) is 0 Å². The van der Waals surface area contributed by atoms with E-state index in [-0.39, 0.29) is 12.4 Å². The van der Waals surface area contributed by atoms with Crippen LogP contribution >= 0.6 is 12.4 Å². The molecule has 0 heterocycles. The summed E-state index contributed by atoms with van der Waals surface area (Å²) in [5, 5.41) is 7.42. The average Bonchev–Trinajstić information content (AvgIpc) is 1.85. The number of carboxylic acid groups (broad SMARTS) is 1. The fraction of sp³-hybridized carbons (Fsp3) is 0.571. The van der Waals surface area contributed by atoms with Gasteiger partial charge in [0.05, 0.1) is 0 Å². The maximum absolute atomic E-state index is 10.4. The van der Waals surface area contributed by atoms with Crippen molar-refractivity contribution < 1.29 is 19.5 Å². The largest absolute Gasteiger partial charge is 0.481 e. The van der Waals surface area contributed by atoms with Gasteiger partial charge in [-0.1, -0.05) is 0 Å². The van der Waals surface area contributed by atoms with Gasteiger partial charge < -0.3 is 16.6 Å². The molecule has 0 aliphatic heterocycles. The molecule has 2 amide bonds. The smallest absolute Gasteiger partial charge is 0.300 e. The number of nitrogens with two attached hydrogens (primary N) is 2. The lowest BCUT2D eigenvalue weighted by molar-refractivity contribution is -0.137. The Morgan fingerprint density at radius 3 is 1.21 bits per heavy atom. The Bertz CT molecular complexity index is 208. The number of amides is 2. The lowest BCUT2D eigenvalue weighted by Crippen LogP contribution is -2.42. The number of rotatable bonds is 2. The second kappa shape index (κ2) is 7.14. The van der Waals surface area contributed by atoms with E-state index in [0.29, 0.717) is 0 Å². The molecule has 0 unspecified atom stereocenters. The van der Waals surface area contributed by atoms with Crippen molar-refractivity contribution >= 4 is 30.2 Å². The molecule has 7 heteroatoms. The van der Waals surface area contributed by atoms with Gasteiger partial charge in [0.15, 0.2) is 0 Å². The van der Waals surface area contributed by atoms with Gasteiger partial charge in [-0.05, 0) is 13.8 Å². The van der Waals surface area contributed by atoms with Gasteiger partial charge in [-0.2, -0.15) is 0 Å². The maximum atomic E-state index is 10.4. The molecule has 0 radical (unpaired) electrons. The lowest BCUT2D eigenvalue weighted by atomic mass is 9.92. The minimum Gasteiger partial charge on any atom is -0.481 e. The van der Waals surface area contributed by atoms with E-state index in [4.69, 9.17) is 21.4 Å². The van der Waals surface area contributed by atoms with Gasteiger partial charge in [0.1, 0.15) is 5.41 Å². The molecule has 0 atom stereocenters. The van der Waals surface area contributed by atoms with Crippen molar-refractivity contribution in [2.45, 2.75) is 20.8 Å². The molecule has 0 aromatic heterocycles. The normalized spacial score (nSPS) is 8.79. The fourth-order valence-electron chi connectivity index (χ4n) is 0.121. The van der Waals surface area contributed by atoms with Gasteiger partial charge in [0, 0.05) is 6.92 Å². The van der Waals surface area contributed by atoms with Crippen LogP contribution in [0.25, 0.3) is 0 Å². The first kappa shape index (κ1) is 18.5.